The first-order valence-electron chi connectivity index (χ1n) is 5.08. The van der Waals surface area contributed by atoms with E-state index in [-0.39, 0.29) is 5.78 Å². The first-order valence-corrected chi connectivity index (χ1v) is 5.08. The largest absolute Gasteiger partial charge is 0.367 e. The molecule has 1 aromatic heterocycles. The standard InChI is InChI=1S/C10H17N3O2/c1-5-10(3,15-6-2)9(14)8-7-11-12-13(8)4/h7H,5-6H2,1-4H3. The lowest BCUT2D eigenvalue weighted by Gasteiger charge is -2.25. The van der Waals surface area contributed by atoms with Crippen LogP contribution in [0.2, 0.25) is 0 Å². The summed E-state index contributed by atoms with van der Waals surface area (Å²) in [4.78, 5) is 12.1. The van der Waals surface area contributed by atoms with Crippen molar-refractivity contribution in [3.8, 4) is 0 Å². The molecule has 0 fully saturated rings. The quantitative estimate of drug-likeness (QED) is 0.687. The maximum Gasteiger partial charge on any atom is 0.213 e. The van der Waals surface area contributed by atoms with Gasteiger partial charge in [-0.2, -0.15) is 0 Å². The molecule has 1 heterocycles. The Morgan fingerprint density at radius 3 is 2.67 bits per heavy atom. The molecule has 15 heavy (non-hydrogen) atoms. The van der Waals surface area contributed by atoms with Gasteiger partial charge in [0.05, 0.1) is 6.20 Å². The number of ether oxygens (including phenoxy) is 1. The van der Waals surface area contributed by atoms with Crippen molar-refractivity contribution in [1.29, 1.82) is 0 Å². The maximum absolute atomic E-state index is 12.1. The molecular weight excluding hydrogens is 194 g/mol. The number of carbonyl (C=O) groups excluding carboxylic acids is 1. The van der Waals surface area contributed by atoms with E-state index in [1.807, 2.05) is 13.8 Å². The molecule has 0 bridgehead atoms. The van der Waals surface area contributed by atoms with Gasteiger partial charge in [-0.3, -0.25) is 4.79 Å². The maximum atomic E-state index is 12.1. The van der Waals surface area contributed by atoms with Crippen LogP contribution in [0.15, 0.2) is 6.20 Å². The summed E-state index contributed by atoms with van der Waals surface area (Å²) in [5.41, 5.74) is -0.294. The molecule has 0 saturated heterocycles. The molecule has 5 heteroatoms. The number of Topliss-reactive ketones (excluding diaryl/α,β-unsaturated/α-hetero) is 1. The molecule has 1 atom stereocenters. The number of aryl methyl sites for hydroxylation is 1. The Kier molecular flexibility index (Phi) is 3.57. The van der Waals surface area contributed by atoms with E-state index < -0.39 is 5.60 Å². The molecule has 0 aliphatic carbocycles. The number of aromatic nitrogens is 3. The van der Waals surface area contributed by atoms with Crippen LogP contribution in [0.1, 0.15) is 37.7 Å². The van der Waals surface area contributed by atoms with Gasteiger partial charge in [0.2, 0.25) is 5.78 Å². The van der Waals surface area contributed by atoms with Gasteiger partial charge in [-0.15, -0.1) is 5.10 Å². The molecule has 0 saturated carbocycles. The second-order valence-corrected chi connectivity index (χ2v) is 3.59. The fraction of sp³-hybridized carbons (Fsp3) is 0.700. The van der Waals surface area contributed by atoms with E-state index in [2.05, 4.69) is 10.3 Å². The van der Waals surface area contributed by atoms with Crippen molar-refractivity contribution in [2.75, 3.05) is 6.61 Å². The number of hydrogen-bond donors (Lipinski definition) is 0. The molecule has 0 radical (unpaired) electrons. The van der Waals surface area contributed by atoms with Crippen molar-refractivity contribution >= 4 is 5.78 Å². The fourth-order valence-corrected chi connectivity index (χ4v) is 1.41. The van der Waals surface area contributed by atoms with E-state index in [0.717, 1.165) is 0 Å². The molecule has 0 aromatic carbocycles. The Balaban J connectivity index is 2.96. The predicted molar refractivity (Wildman–Crippen MR) is 55.7 cm³/mol. The van der Waals surface area contributed by atoms with Gasteiger partial charge >= 0.3 is 0 Å². The highest BCUT2D eigenvalue weighted by Gasteiger charge is 2.34. The van der Waals surface area contributed by atoms with Crippen LogP contribution in [-0.2, 0) is 11.8 Å². The SMILES string of the molecule is CCOC(C)(CC)C(=O)c1cnnn1C. The summed E-state index contributed by atoms with van der Waals surface area (Å²) >= 11 is 0. The average Bonchev–Trinajstić information content (AvgIpc) is 2.63. The van der Waals surface area contributed by atoms with Gasteiger partial charge in [-0.05, 0) is 20.3 Å². The number of ketones is 1. The van der Waals surface area contributed by atoms with E-state index in [1.54, 1.807) is 14.0 Å². The molecule has 1 rings (SSSR count). The third kappa shape index (κ3) is 2.23. The first kappa shape index (κ1) is 11.8. The van der Waals surface area contributed by atoms with Crippen LogP contribution in [0.3, 0.4) is 0 Å². The lowest BCUT2D eigenvalue weighted by atomic mass is 9.95. The third-order valence-electron chi connectivity index (χ3n) is 2.56. The molecule has 1 unspecified atom stereocenters. The first-order chi connectivity index (χ1) is 7.05. The van der Waals surface area contributed by atoms with Gasteiger partial charge in [-0.1, -0.05) is 12.1 Å². The number of carbonyl (C=O) groups is 1. The van der Waals surface area contributed by atoms with Crippen LogP contribution in [0, 0.1) is 0 Å². The minimum absolute atomic E-state index is 0.0700. The van der Waals surface area contributed by atoms with Crippen molar-refractivity contribution in [2.24, 2.45) is 7.05 Å². The normalized spacial score (nSPS) is 14.9. The molecule has 84 valence electrons. The lowest BCUT2D eigenvalue weighted by Crippen LogP contribution is -2.39. The van der Waals surface area contributed by atoms with Crippen LogP contribution < -0.4 is 0 Å². The van der Waals surface area contributed by atoms with Crippen molar-refractivity contribution in [1.82, 2.24) is 15.0 Å². The Morgan fingerprint density at radius 1 is 1.60 bits per heavy atom. The smallest absolute Gasteiger partial charge is 0.213 e. The monoisotopic (exact) mass is 211 g/mol. The zero-order valence-corrected chi connectivity index (χ0v) is 9.65. The fourth-order valence-electron chi connectivity index (χ4n) is 1.41. The summed E-state index contributed by atoms with van der Waals surface area (Å²) in [5.74, 6) is -0.0700. The van der Waals surface area contributed by atoms with Crippen molar-refractivity contribution in [2.45, 2.75) is 32.8 Å². The molecule has 0 spiro atoms. The molecule has 5 nitrogen and oxygen atoms in total. The highest BCUT2D eigenvalue weighted by molar-refractivity contribution is 6.00. The summed E-state index contributed by atoms with van der Waals surface area (Å²) in [6.07, 6.45) is 2.10. The van der Waals surface area contributed by atoms with Crippen molar-refractivity contribution in [3.63, 3.8) is 0 Å². The summed E-state index contributed by atoms with van der Waals surface area (Å²) < 4.78 is 6.97. The average molecular weight is 211 g/mol. The van der Waals surface area contributed by atoms with Crippen LogP contribution in [0.25, 0.3) is 0 Å². The molecular formula is C10H17N3O2. The van der Waals surface area contributed by atoms with Crippen molar-refractivity contribution in [3.05, 3.63) is 11.9 Å². The van der Waals surface area contributed by atoms with Crippen molar-refractivity contribution < 1.29 is 9.53 Å². The summed E-state index contributed by atoms with van der Waals surface area (Å²) in [6.45, 7) is 6.12. The van der Waals surface area contributed by atoms with E-state index in [9.17, 15) is 4.79 Å². The van der Waals surface area contributed by atoms with Crippen LogP contribution >= 0.6 is 0 Å². The van der Waals surface area contributed by atoms with E-state index >= 15 is 0 Å². The van der Waals surface area contributed by atoms with Gasteiger partial charge in [0.1, 0.15) is 11.3 Å². The summed E-state index contributed by atoms with van der Waals surface area (Å²) in [6, 6.07) is 0. The van der Waals surface area contributed by atoms with Crippen LogP contribution in [0.4, 0.5) is 0 Å². The lowest BCUT2D eigenvalue weighted by molar-refractivity contribution is -0.0122. The Morgan fingerprint density at radius 2 is 2.27 bits per heavy atom. The van der Waals surface area contributed by atoms with Gasteiger partial charge in [0.25, 0.3) is 0 Å². The van der Waals surface area contributed by atoms with Gasteiger partial charge < -0.3 is 4.74 Å². The highest BCUT2D eigenvalue weighted by Crippen LogP contribution is 2.20. The van der Waals surface area contributed by atoms with Gasteiger partial charge in [0, 0.05) is 13.7 Å². The van der Waals surface area contributed by atoms with Crippen LogP contribution in [0.5, 0.6) is 0 Å². The zero-order valence-electron chi connectivity index (χ0n) is 9.65. The minimum atomic E-state index is -0.774. The molecule has 0 amide bonds. The number of rotatable bonds is 5. The van der Waals surface area contributed by atoms with Gasteiger partial charge in [0.15, 0.2) is 0 Å². The summed E-state index contributed by atoms with van der Waals surface area (Å²) in [5, 5.41) is 7.42. The number of hydrogen-bond acceptors (Lipinski definition) is 4. The molecule has 1 aromatic rings. The zero-order chi connectivity index (χ0) is 11.5. The third-order valence-corrected chi connectivity index (χ3v) is 2.56. The highest BCUT2D eigenvalue weighted by atomic mass is 16.5. The Bertz CT molecular complexity index is 348. The Labute approximate surface area is 89.4 Å². The van der Waals surface area contributed by atoms with E-state index in [1.165, 1.54) is 10.9 Å². The molecule has 0 aliphatic heterocycles. The molecule has 0 aliphatic rings. The number of nitrogens with zero attached hydrogens (tertiary/aromatic N) is 3. The van der Waals surface area contributed by atoms with E-state index in [0.29, 0.717) is 18.7 Å². The second-order valence-electron chi connectivity index (χ2n) is 3.59. The molecule has 0 N–H and O–H groups in total. The minimum Gasteiger partial charge on any atom is -0.367 e. The Hall–Kier alpha value is -1.23. The second kappa shape index (κ2) is 4.53. The van der Waals surface area contributed by atoms with E-state index in [4.69, 9.17) is 4.74 Å². The van der Waals surface area contributed by atoms with Crippen LogP contribution in [-0.4, -0.2) is 33.0 Å². The topological polar surface area (TPSA) is 57.0 Å². The summed E-state index contributed by atoms with van der Waals surface area (Å²) in [7, 11) is 1.70. The van der Waals surface area contributed by atoms with Gasteiger partial charge in [-0.25, -0.2) is 4.68 Å². The predicted octanol–water partition coefficient (Wildman–Crippen LogP) is 1.20.